The first-order chi connectivity index (χ1) is 7.04. The van der Waals surface area contributed by atoms with Gasteiger partial charge in [0.2, 0.25) is 5.78 Å². The van der Waals surface area contributed by atoms with Crippen molar-refractivity contribution in [2.75, 3.05) is 6.54 Å². The number of Topliss-reactive ketones (excluding diaryl/α,β-unsaturated/α-hetero) is 1. The molecular formula is C10H14BrN3O. The van der Waals surface area contributed by atoms with Gasteiger partial charge in [-0.05, 0) is 42.2 Å². The molecule has 5 heteroatoms. The molecule has 0 spiro atoms. The molecule has 2 heterocycles. The Morgan fingerprint density at radius 1 is 1.73 bits per heavy atom. The monoisotopic (exact) mass is 271 g/mol. The summed E-state index contributed by atoms with van der Waals surface area (Å²) in [5.41, 5.74) is 0.225. The number of nitrogens with one attached hydrogen (secondary N) is 1. The summed E-state index contributed by atoms with van der Waals surface area (Å²) in [5, 5.41) is 7.32. The molecule has 82 valence electrons. The Hall–Kier alpha value is -0.680. The summed E-state index contributed by atoms with van der Waals surface area (Å²) in [6, 6.07) is 0. The maximum Gasteiger partial charge on any atom is 0.201 e. The summed E-state index contributed by atoms with van der Waals surface area (Å²) >= 11 is 3.36. The van der Waals surface area contributed by atoms with Crippen molar-refractivity contribution >= 4 is 21.7 Å². The van der Waals surface area contributed by atoms with E-state index in [9.17, 15) is 4.79 Å². The highest BCUT2D eigenvalue weighted by atomic mass is 79.9. The molecule has 1 N–H and O–H groups in total. The molecule has 1 atom stereocenters. The van der Waals surface area contributed by atoms with Gasteiger partial charge in [-0.2, -0.15) is 5.10 Å². The Morgan fingerprint density at radius 3 is 2.93 bits per heavy atom. The van der Waals surface area contributed by atoms with Crippen LogP contribution >= 0.6 is 15.9 Å². The molecule has 1 saturated heterocycles. The first-order valence-electron chi connectivity index (χ1n) is 5.02. The Balaban J connectivity index is 2.35. The zero-order valence-corrected chi connectivity index (χ0v) is 10.5. The number of aromatic nitrogens is 2. The molecular weight excluding hydrogens is 258 g/mol. The van der Waals surface area contributed by atoms with Crippen molar-refractivity contribution < 1.29 is 4.79 Å². The number of halogens is 1. The quantitative estimate of drug-likeness (QED) is 0.830. The second-order valence-electron chi connectivity index (χ2n) is 4.16. The fourth-order valence-corrected chi connectivity index (χ4v) is 2.54. The van der Waals surface area contributed by atoms with E-state index in [0.29, 0.717) is 5.69 Å². The molecule has 15 heavy (non-hydrogen) atoms. The van der Waals surface area contributed by atoms with Crippen LogP contribution in [0.25, 0.3) is 0 Å². The lowest BCUT2D eigenvalue weighted by Crippen LogP contribution is -2.45. The molecule has 0 aliphatic carbocycles. The second kappa shape index (κ2) is 3.72. The third kappa shape index (κ3) is 1.74. The van der Waals surface area contributed by atoms with Gasteiger partial charge in [-0.15, -0.1) is 0 Å². The third-order valence-electron chi connectivity index (χ3n) is 2.98. The molecule has 1 aliphatic rings. The Labute approximate surface area is 97.2 Å². The normalized spacial score (nSPS) is 25.8. The number of carbonyl (C=O) groups excluding carboxylic acids is 1. The van der Waals surface area contributed by atoms with Crippen LogP contribution in [0.5, 0.6) is 0 Å². The smallest absolute Gasteiger partial charge is 0.201 e. The van der Waals surface area contributed by atoms with Crippen LogP contribution in [0.1, 0.15) is 30.3 Å². The maximum atomic E-state index is 12.3. The van der Waals surface area contributed by atoms with Gasteiger partial charge in [-0.1, -0.05) is 0 Å². The number of ketones is 1. The second-order valence-corrected chi connectivity index (χ2v) is 5.01. The minimum absolute atomic E-state index is 0.117. The number of nitrogens with zero attached hydrogens (tertiary/aromatic N) is 2. The zero-order valence-electron chi connectivity index (χ0n) is 8.88. The summed E-state index contributed by atoms with van der Waals surface area (Å²) < 4.78 is 2.39. The van der Waals surface area contributed by atoms with Gasteiger partial charge in [0.25, 0.3) is 0 Å². The minimum Gasteiger partial charge on any atom is -0.305 e. The van der Waals surface area contributed by atoms with Crippen molar-refractivity contribution in [3.63, 3.8) is 0 Å². The molecule has 0 saturated carbocycles. The van der Waals surface area contributed by atoms with Crippen LogP contribution in [-0.4, -0.2) is 27.6 Å². The average Bonchev–Trinajstić information content (AvgIpc) is 2.75. The van der Waals surface area contributed by atoms with E-state index in [1.54, 1.807) is 17.9 Å². The van der Waals surface area contributed by atoms with Gasteiger partial charge in [-0.3, -0.25) is 9.48 Å². The van der Waals surface area contributed by atoms with Gasteiger partial charge in [-0.25, -0.2) is 0 Å². The van der Waals surface area contributed by atoms with E-state index in [2.05, 4.69) is 26.3 Å². The summed E-state index contributed by atoms with van der Waals surface area (Å²) in [7, 11) is 1.79. The maximum absolute atomic E-state index is 12.3. The zero-order chi connectivity index (χ0) is 11.1. The Kier molecular flexibility index (Phi) is 2.68. The molecule has 1 fully saturated rings. The van der Waals surface area contributed by atoms with E-state index in [-0.39, 0.29) is 5.78 Å². The summed E-state index contributed by atoms with van der Waals surface area (Å²) in [4.78, 5) is 12.3. The van der Waals surface area contributed by atoms with E-state index in [1.807, 2.05) is 6.92 Å². The standard InChI is InChI=1S/C10H14BrN3O/c1-10(4-3-5-12-10)9(15)8-7(11)6-13-14(8)2/h6,12H,3-5H2,1-2H3. The van der Waals surface area contributed by atoms with Crippen LogP contribution in [0.3, 0.4) is 0 Å². The van der Waals surface area contributed by atoms with Gasteiger partial charge in [0, 0.05) is 7.05 Å². The van der Waals surface area contributed by atoms with Gasteiger partial charge in [0.15, 0.2) is 0 Å². The van der Waals surface area contributed by atoms with E-state index in [4.69, 9.17) is 0 Å². The summed E-state index contributed by atoms with van der Waals surface area (Å²) in [5.74, 6) is 0.117. The van der Waals surface area contributed by atoms with E-state index >= 15 is 0 Å². The predicted molar refractivity (Wildman–Crippen MR) is 60.9 cm³/mol. The number of hydrogen-bond donors (Lipinski definition) is 1. The fraction of sp³-hybridized carbons (Fsp3) is 0.600. The predicted octanol–water partition coefficient (Wildman–Crippen LogP) is 1.51. The highest BCUT2D eigenvalue weighted by Crippen LogP contribution is 2.26. The van der Waals surface area contributed by atoms with E-state index < -0.39 is 5.54 Å². The first-order valence-corrected chi connectivity index (χ1v) is 5.81. The number of hydrogen-bond acceptors (Lipinski definition) is 3. The fourth-order valence-electron chi connectivity index (χ4n) is 2.02. The van der Waals surface area contributed by atoms with Crippen molar-refractivity contribution in [2.45, 2.75) is 25.3 Å². The summed E-state index contributed by atoms with van der Waals surface area (Å²) in [6.45, 7) is 2.87. The van der Waals surface area contributed by atoms with Crippen molar-refractivity contribution in [2.24, 2.45) is 7.05 Å². The molecule has 1 aromatic rings. The molecule has 0 radical (unpaired) electrons. The molecule has 4 nitrogen and oxygen atoms in total. The van der Waals surface area contributed by atoms with E-state index in [1.165, 1.54) is 0 Å². The van der Waals surface area contributed by atoms with Crippen molar-refractivity contribution in [1.82, 2.24) is 15.1 Å². The lowest BCUT2D eigenvalue weighted by Gasteiger charge is -2.22. The van der Waals surface area contributed by atoms with Gasteiger partial charge < -0.3 is 5.32 Å². The lowest BCUT2D eigenvalue weighted by atomic mass is 9.92. The van der Waals surface area contributed by atoms with Crippen LogP contribution in [0.4, 0.5) is 0 Å². The highest BCUT2D eigenvalue weighted by molar-refractivity contribution is 9.10. The number of carbonyl (C=O) groups is 1. The molecule has 0 aromatic carbocycles. The van der Waals surface area contributed by atoms with Crippen LogP contribution in [0.15, 0.2) is 10.7 Å². The van der Waals surface area contributed by atoms with Gasteiger partial charge >= 0.3 is 0 Å². The highest BCUT2D eigenvalue weighted by Gasteiger charge is 2.38. The van der Waals surface area contributed by atoms with Crippen LogP contribution < -0.4 is 5.32 Å². The topological polar surface area (TPSA) is 46.9 Å². The van der Waals surface area contributed by atoms with Crippen LogP contribution in [0, 0.1) is 0 Å². The minimum atomic E-state index is -0.420. The molecule has 0 amide bonds. The van der Waals surface area contributed by atoms with Crippen molar-refractivity contribution in [1.29, 1.82) is 0 Å². The van der Waals surface area contributed by atoms with Crippen LogP contribution in [-0.2, 0) is 7.05 Å². The SMILES string of the molecule is Cn1ncc(Br)c1C(=O)C1(C)CCCN1. The molecule has 1 aromatic heterocycles. The molecule has 1 unspecified atom stereocenters. The summed E-state index contributed by atoms with van der Waals surface area (Å²) in [6.07, 6.45) is 3.60. The first kappa shape index (κ1) is 10.8. The third-order valence-corrected chi connectivity index (χ3v) is 3.56. The van der Waals surface area contributed by atoms with Crippen molar-refractivity contribution in [3.05, 3.63) is 16.4 Å². The van der Waals surface area contributed by atoms with Crippen LogP contribution in [0.2, 0.25) is 0 Å². The Morgan fingerprint density at radius 2 is 2.47 bits per heavy atom. The largest absolute Gasteiger partial charge is 0.305 e. The number of aryl methyl sites for hydroxylation is 1. The van der Waals surface area contributed by atoms with E-state index in [0.717, 1.165) is 23.9 Å². The number of rotatable bonds is 2. The molecule has 1 aliphatic heterocycles. The molecule has 0 bridgehead atoms. The van der Waals surface area contributed by atoms with Gasteiger partial charge in [0.05, 0.1) is 16.2 Å². The average molecular weight is 272 g/mol. The van der Waals surface area contributed by atoms with Gasteiger partial charge in [0.1, 0.15) is 5.69 Å². The Bertz CT molecular complexity index is 374. The van der Waals surface area contributed by atoms with Crippen molar-refractivity contribution in [3.8, 4) is 0 Å². The molecule has 2 rings (SSSR count). The lowest BCUT2D eigenvalue weighted by molar-refractivity contribution is 0.0873.